The van der Waals surface area contributed by atoms with Gasteiger partial charge in [0.05, 0.1) is 0 Å². The largest absolute Gasteiger partial charge is 0.487 e. The maximum absolute atomic E-state index is 6.07. The molecule has 1 atom stereocenters. The average molecular weight is 260 g/mol. The molecule has 1 aliphatic carbocycles. The third-order valence-corrected chi connectivity index (χ3v) is 4.28. The van der Waals surface area contributed by atoms with Crippen LogP contribution in [0.3, 0.4) is 0 Å². The van der Waals surface area contributed by atoms with Crippen molar-refractivity contribution in [3.8, 4) is 5.75 Å². The van der Waals surface area contributed by atoms with Gasteiger partial charge in [0.15, 0.2) is 0 Å². The van der Waals surface area contributed by atoms with Crippen LogP contribution in [0.5, 0.6) is 5.75 Å². The molecular weight excluding hydrogens is 236 g/mol. The Labute approximate surface area is 115 Å². The van der Waals surface area contributed by atoms with Crippen molar-refractivity contribution in [2.24, 2.45) is 0 Å². The summed E-state index contributed by atoms with van der Waals surface area (Å²) in [5, 5.41) is 3.82. The molecule has 1 fully saturated rings. The maximum Gasteiger partial charge on any atom is 0.125 e. The predicted octanol–water partition coefficient (Wildman–Crippen LogP) is 3.40. The van der Waals surface area contributed by atoms with Crippen LogP contribution in [-0.4, -0.2) is 11.6 Å². The summed E-state index contributed by atoms with van der Waals surface area (Å²) < 4.78 is 6.07. The van der Waals surface area contributed by atoms with Crippen LogP contribution in [0.25, 0.3) is 0 Å². The number of nitrogens with two attached hydrogens (primary N) is 1. The van der Waals surface area contributed by atoms with Crippen LogP contribution in [0.2, 0.25) is 0 Å². The summed E-state index contributed by atoms with van der Waals surface area (Å²) in [7, 11) is 0. The Morgan fingerprint density at radius 1 is 1.26 bits per heavy atom. The molecule has 19 heavy (non-hydrogen) atoms. The standard InChI is InChI=1S/C16H24N2O/c1-16(2)10-14(18-12-5-3-4-6-12)13-9-11(17)7-8-15(13)19-16/h7-9,12,14,18H,3-6,10,17H2,1-2H3. The van der Waals surface area contributed by atoms with Gasteiger partial charge >= 0.3 is 0 Å². The van der Waals surface area contributed by atoms with Crippen LogP contribution < -0.4 is 15.8 Å². The number of fused-ring (bicyclic) bond motifs is 1. The minimum atomic E-state index is -0.112. The van der Waals surface area contributed by atoms with Crippen LogP contribution in [0.1, 0.15) is 57.6 Å². The summed E-state index contributed by atoms with van der Waals surface area (Å²) in [4.78, 5) is 0. The predicted molar refractivity (Wildman–Crippen MR) is 78.3 cm³/mol. The highest BCUT2D eigenvalue weighted by Crippen LogP contribution is 2.41. The molecule has 104 valence electrons. The lowest BCUT2D eigenvalue weighted by atomic mass is 9.89. The smallest absolute Gasteiger partial charge is 0.125 e. The zero-order chi connectivity index (χ0) is 13.5. The van der Waals surface area contributed by atoms with Gasteiger partial charge in [-0.05, 0) is 44.9 Å². The molecule has 1 aromatic rings. The van der Waals surface area contributed by atoms with Gasteiger partial charge in [0.2, 0.25) is 0 Å². The van der Waals surface area contributed by atoms with Crippen LogP contribution in [0, 0.1) is 0 Å². The van der Waals surface area contributed by atoms with Crippen molar-refractivity contribution >= 4 is 5.69 Å². The summed E-state index contributed by atoms with van der Waals surface area (Å²) in [6.45, 7) is 4.32. The first kappa shape index (κ1) is 12.8. The van der Waals surface area contributed by atoms with Gasteiger partial charge in [-0.2, -0.15) is 0 Å². The number of nitrogen functional groups attached to an aromatic ring is 1. The molecule has 0 bridgehead atoms. The number of rotatable bonds is 2. The molecule has 1 unspecified atom stereocenters. The fourth-order valence-corrected chi connectivity index (χ4v) is 3.40. The van der Waals surface area contributed by atoms with E-state index in [1.54, 1.807) is 0 Å². The van der Waals surface area contributed by atoms with E-state index in [4.69, 9.17) is 10.5 Å². The molecule has 1 aliphatic heterocycles. The first-order chi connectivity index (χ1) is 9.03. The van der Waals surface area contributed by atoms with E-state index in [9.17, 15) is 0 Å². The molecule has 0 radical (unpaired) electrons. The Morgan fingerprint density at radius 3 is 2.74 bits per heavy atom. The maximum atomic E-state index is 6.07. The van der Waals surface area contributed by atoms with Gasteiger partial charge in [-0.3, -0.25) is 0 Å². The Hall–Kier alpha value is -1.22. The lowest BCUT2D eigenvalue weighted by Gasteiger charge is -2.39. The highest BCUT2D eigenvalue weighted by Gasteiger charge is 2.35. The van der Waals surface area contributed by atoms with Crippen molar-refractivity contribution in [3.05, 3.63) is 23.8 Å². The van der Waals surface area contributed by atoms with E-state index in [0.29, 0.717) is 12.1 Å². The Kier molecular flexibility index (Phi) is 3.17. The molecule has 0 aromatic heterocycles. The summed E-state index contributed by atoms with van der Waals surface area (Å²) in [5.41, 5.74) is 7.87. The van der Waals surface area contributed by atoms with Crippen molar-refractivity contribution in [2.75, 3.05) is 5.73 Å². The third kappa shape index (κ3) is 2.71. The number of anilines is 1. The molecule has 0 saturated heterocycles. The van der Waals surface area contributed by atoms with Crippen LogP contribution in [0.4, 0.5) is 5.69 Å². The highest BCUT2D eigenvalue weighted by atomic mass is 16.5. The second-order valence-corrected chi connectivity index (χ2v) is 6.56. The second-order valence-electron chi connectivity index (χ2n) is 6.56. The third-order valence-electron chi connectivity index (χ3n) is 4.28. The van der Waals surface area contributed by atoms with Crippen LogP contribution in [0.15, 0.2) is 18.2 Å². The molecule has 1 heterocycles. The average Bonchev–Trinajstić information content (AvgIpc) is 2.82. The SMILES string of the molecule is CC1(C)CC(NC2CCCC2)c2cc(N)ccc2O1. The molecule has 3 N–H and O–H groups in total. The number of ether oxygens (including phenoxy) is 1. The van der Waals surface area contributed by atoms with Crippen molar-refractivity contribution in [1.29, 1.82) is 0 Å². The van der Waals surface area contributed by atoms with E-state index in [0.717, 1.165) is 17.9 Å². The second kappa shape index (κ2) is 4.71. The van der Waals surface area contributed by atoms with E-state index < -0.39 is 0 Å². The van der Waals surface area contributed by atoms with E-state index in [2.05, 4.69) is 25.2 Å². The first-order valence-electron chi connectivity index (χ1n) is 7.38. The van der Waals surface area contributed by atoms with E-state index in [1.807, 2.05) is 12.1 Å². The Bertz CT molecular complexity index is 464. The Morgan fingerprint density at radius 2 is 2.00 bits per heavy atom. The summed E-state index contributed by atoms with van der Waals surface area (Å²) in [6.07, 6.45) is 6.31. The Balaban J connectivity index is 1.88. The first-order valence-corrected chi connectivity index (χ1v) is 7.38. The van der Waals surface area contributed by atoms with Crippen molar-refractivity contribution < 1.29 is 4.74 Å². The van der Waals surface area contributed by atoms with Gasteiger partial charge in [0.1, 0.15) is 11.4 Å². The summed E-state index contributed by atoms with van der Waals surface area (Å²) in [6, 6.07) is 7.03. The monoisotopic (exact) mass is 260 g/mol. The number of benzene rings is 1. The molecular formula is C16H24N2O. The van der Waals surface area contributed by atoms with Crippen molar-refractivity contribution in [2.45, 2.75) is 63.6 Å². The minimum absolute atomic E-state index is 0.112. The van der Waals surface area contributed by atoms with E-state index in [-0.39, 0.29) is 5.60 Å². The van der Waals surface area contributed by atoms with Crippen molar-refractivity contribution in [3.63, 3.8) is 0 Å². The molecule has 0 spiro atoms. The molecule has 3 nitrogen and oxygen atoms in total. The van der Waals surface area contributed by atoms with Gasteiger partial charge in [0.25, 0.3) is 0 Å². The molecule has 1 aromatic carbocycles. The lowest BCUT2D eigenvalue weighted by molar-refractivity contribution is 0.0638. The van der Waals surface area contributed by atoms with Gasteiger partial charge in [-0.1, -0.05) is 12.8 Å². The highest BCUT2D eigenvalue weighted by molar-refractivity contribution is 5.50. The zero-order valence-corrected chi connectivity index (χ0v) is 11.9. The lowest BCUT2D eigenvalue weighted by Crippen LogP contribution is -2.42. The molecule has 2 aliphatic rings. The number of hydrogen-bond donors (Lipinski definition) is 2. The van der Waals surface area contributed by atoms with E-state index in [1.165, 1.54) is 31.2 Å². The zero-order valence-electron chi connectivity index (χ0n) is 11.9. The van der Waals surface area contributed by atoms with Gasteiger partial charge in [-0.15, -0.1) is 0 Å². The van der Waals surface area contributed by atoms with Gasteiger partial charge in [0, 0.05) is 29.8 Å². The van der Waals surface area contributed by atoms with Gasteiger partial charge < -0.3 is 15.8 Å². The fraction of sp³-hybridized carbons (Fsp3) is 0.625. The fourth-order valence-electron chi connectivity index (χ4n) is 3.40. The molecule has 3 heteroatoms. The van der Waals surface area contributed by atoms with Gasteiger partial charge in [-0.25, -0.2) is 0 Å². The van der Waals surface area contributed by atoms with Crippen LogP contribution >= 0.6 is 0 Å². The molecule has 0 amide bonds. The summed E-state index contributed by atoms with van der Waals surface area (Å²) >= 11 is 0. The van der Waals surface area contributed by atoms with Crippen LogP contribution in [-0.2, 0) is 0 Å². The quantitative estimate of drug-likeness (QED) is 0.801. The topological polar surface area (TPSA) is 47.3 Å². The summed E-state index contributed by atoms with van der Waals surface area (Å²) in [5.74, 6) is 0.987. The number of hydrogen-bond acceptors (Lipinski definition) is 3. The number of nitrogens with one attached hydrogen (secondary N) is 1. The molecule has 3 rings (SSSR count). The van der Waals surface area contributed by atoms with E-state index >= 15 is 0 Å². The molecule has 1 saturated carbocycles. The normalized spacial score (nSPS) is 25.9. The van der Waals surface area contributed by atoms with Crippen molar-refractivity contribution in [1.82, 2.24) is 5.32 Å². The minimum Gasteiger partial charge on any atom is -0.487 e.